The van der Waals surface area contributed by atoms with Gasteiger partial charge in [-0.05, 0) is 18.2 Å². The third-order valence-corrected chi connectivity index (χ3v) is 5.04. The molecule has 0 aliphatic heterocycles. The molecule has 11 heteroatoms. The molecular formula is C21H20N4O6S. The van der Waals surface area contributed by atoms with Crippen LogP contribution in [0.25, 0.3) is 0 Å². The zero-order valence-electron chi connectivity index (χ0n) is 17.1. The van der Waals surface area contributed by atoms with E-state index in [0.717, 1.165) is 0 Å². The average molecular weight is 456 g/mol. The molecule has 1 aromatic heterocycles. The van der Waals surface area contributed by atoms with Crippen LogP contribution >= 0.6 is 11.3 Å². The summed E-state index contributed by atoms with van der Waals surface area (Å²) in [7, 11) is 1.56. The Bertz CT molecular complexity index is 1120. The monoisotopic (exact) mass is 456 g/mol. The number of nitrogens with one attached hydrogen (secondary N) is 2. The normalized spacial score (nSPS) is 10.3. The Labute approximate surface area is 187 Å². The van der Waals surface area contributed by atoms with Crippen molar-refractivity contribution in [1.29, 1.82) is 0 Å². The van der Waals surface area contributed by atoms with Crippen LogP contribution in [0.3, 0.4) is 0 Å². The lowest BCUT2D eigenvalue weighted by atomic mass is 10.2. The Balaban J connectivity index is 1.44. The van der Waals surface area contributed by atoms with Crippen molar-refractivity contribution in [3.8, 4) is 11.5 Å². The number of benzene rings is 2. The highest BCUT2D eigenvalue weighted by atomic mass is 32.1. The third kappa shape index (κ3) is 6.01. The molecule has 32 heavy (non-hydrogen) atoms. The predicted octanol–water partition coefficient (Wildman–Crippen LogP) is 2.80. The number of nitro groups is 1. The second-order valence-electron chi connectivity index (χ2n) is 6.39. The number of rotatable bonds is 10. The first-order valence-electron chi connectivity index (χ1n) is 9.49. The Morgan fingerprint density at radius 1 is 1.06 bits per heavy atom. The van der Waals surface area contributed by atoms with Gasteiger partial charge in [-0.3, -0.25) is 19.7 Å². The van der Waals surface area contributed by atoms with Gasteiger partial charge >= 0.3 is 0 Å². The van der Waals surface area contributed by atoms with Gasteiger partial charge in [0.2, 0.25) is 0 Å². The number of carbonyl (C=O) groups excluding carboxylic acids is 2. The largest absolute Gasteiger partial charge is 0.493 e. The number of hydrogen-bond donors (Lipinski definition) is 2. The van der Waals surface area contributed by atoms with Crippen molar-refractivity contribution >= 4 is 28.8 Å². The van der Waals surface area contributed by atoms with Gasteiger partial charge in [0.25, 0.3) is 17.5 Å². The summed E-state index contributed by atoms with van der Waals surface area (Å²) in [6.07, 6.45) is 0. The maximum absolute atomic E-state index is 12.3. The summed E-state index contributed by atoms with van der Waals surface area (Å²) in [6.45, 7) is 0.517. The van der Waals surface area contributed by atoms with E-state index in [2.05, 4.69) is 15.6 Å². The molecule has 0 fully saturated rings. The molecule has 2 amide bonds. The van der Waals surface area contributed by atoms with E-state index in [1.165, 1.54) is 35.6 Å². The van der Waals surface area contributed by atoms with Gasteiger partial charge < -0.3 is 20.1 Å². The number of nitro benzene ring substituents is 1. The molecule has 0 radical (unpaired) electrons. The average Bonchev–Trinajstić information content (AvgIpc) is 3.29. The van der Waals surface area contributed by atoms with Crippen molar-refractivity contribution in [3.05, 3.63) is 80.3 Å². The summed E-state index contributed by atoms with van der Waals surface area (Å²) < 4.78 is 10.9. The van der Waals surface area contributed by atoms with Crippen molar-refractivity contribution in [2.45, 2.75) is 6.61 Å². The summed E-state index contributed by atoms with van der Waals surface area (Å²) >= 11 is 1.29. The Hall–Kier alpha value is -3.99. The third-order valence-electron chi connectivity index (χ3n) is 4.22. The van der Waals surface area contributed by atoms with Gasteiger partial charge in [0.15, 0.2) is 11.5 Å². The van der Waals surface area contributed by atoms with Crippen LogP contribution in [0, 0.1) is 10.1 Å². The molecule has 1 heterocycles. The van der Waals surface area contributed by atoms with Crippen molar-refractivity contribution in [2.75, 3.05) is 20.2 Å². The highest BCUT2D eigenvalue weighted by Crippen LogP contribution is 2.27. The van der Waals surface area contributed by atoms with E-state index in [0.29, 0.717) is 16.5 Å². The van der Waals surface area contributed by atoms with Gasteiger partial charge in [0, 0.05) is 36.2 Å². The molecule has 0 aliphatic carbocycles. The second kappa shape index (κ2) is 10.9. The lowest BCUT2D eigenvalue weighted by Gasteiger charge is -2.08. The molecule has 0 atom stereocenters. The van der Waals surface area contributed by atoms with Crippen LogP contribution in [0.2, 0.25) is 0 Å². The van der Waals surface area contributed by atoms with Crippen LogP contribution < -0.4 is 20.1 Å². The Kier molecular flexibility index (Phi) is 7.70. The van der Waals surface area contributed by atoms with Crippen LogP contribution in [-0.2, 0) is 6.61 Å². The molecule has 10 nitrogen and oxygen atoms in total. The number of carbonyl (C=O) groups is 2. The zero-order chi connectivity index (χ0) is 22.9. The standard InChI is InChI=1S/C21H20N4O6S/c1-30-17-7-2-3-8-18(17)31-12-19-24-16(13-32-19)21(27)23-10-9-22-20(26)14-5-4-6-15(11-14)25(28)29/h2-8,11,13H,9-10,12H2,1H3,(H,22,26)(H,23,27). The molecular weight excluding hydrogens is 436 g/mol. The first kappa shape index (κ1) is 22.7. The molecule has 2 N–H and O–H groups in total. The number of ether oxygens (including phenoxy) is 2. The Morgan fingerprint density at radius 2 is 1.78 bits per heavy atom. The summed E-state index contributed by atoms with van der Waals surface area (Å²) in [5.74, 6) is 0.339. The molecule has 166 valence electrons. The van der Waals surface area contributed by atoms with E-state index < -0.39 is 10.8 Å². The minimum Gasteiger partial charge on any atom is -0.493 e. The fourth-order valence-corrected chi connectivity index (χ4v) is 3.35. The van der Waals surface area contributed by atoms with Crippen molar-refractivity contribution in [1.82, 2.24) is 15.6 Å². The quantitative estimate of drug-likeness (QED) is 0.272. The number of para-hydroxylation sites is 2. The van der Waals surface area contributed by atoms with Crippen molar-refractivity contribution in [3.63, 3.8) is 0 Å². The van der Waals surface area contributed by atoms with Gasteiger partial charge in [0.1, 0.15) is 17.3 Å². The van der Waals surface area contributed by atoms with Crippen LogP contribution in [-0.4, -0.2) is 41.9 Å². The Morgan fingerprint density at radius 3 is 2.50 bits per heavy atom. The molecule has 0 bridgehead atoms. The molecule has 0 saturated heterocycles. The first-order valence-corrected chi connectivity index (χ1v) is 10.4. The molecule has 0 unspecified atom stereocenters. The minimum atomic E-state index is -0.569. The van der Waals surface area contributed by atoms with E-state index in [1.807, 2.05) is 12.1 Å². The zero-order valence-corrected chi connectivity index (χ0v) is 17.9. The van der Waals surface area contributed by atoms with E-state index in [-0.39, 0.29) is 42.5 Å². The highest BCUT2D eigenvalue weighted by molar-refractivity contribution is 7.09. The number of thiazole rings is 1. The summed E-state index contributed by atoms with van der Waals surface area (Å²) in [5.41, 5.74) is 0.253. The molecule has 3 aromatic rings. The van der Waals surface area contributed by atoms with Gasteiger partial charge in [-0.1, -0.05) is 18.2 Å². The summed E-state index contributed by atoms with van der Waals surface area (Å²) in [5, 5.41) is 18.3. The van der Waals surface area contributed by atoms with Crippen LogP contribution in [0.5, 0.6) is 11.5 Å². The fourth-order valence-electron chi connectivity index (χ4n) is 2.66. The number of amides is 2. The lowest BCUT2D eigenvalue weighted by Crippen LogP contribution is -2.34. The highest BCUT2D eigenvalue weighted by Gasteiger charge is 2.13. The molecule has 3 rings (SSSR count). The van der Waals surface area contributed by atoms with Gasteiger partial charge in [0.05, 0.1) is 12.0 Å². The number of hydrogen-bond acceptors (Lipinski definition) is 8. The predicted molar refractivity (Wildman–Crippen MR) is 117 cm³/mol. The van der Waals surface area contributed by atoms with Gasteiger partial charge in [-0.2, -0.15) is 0 Å². The van der Waals surface area contributed by atoms with Crippen molar-refractivity contribution in [2.24, 2.45) is 0 Å². The number of methoxy groups -OCH3 is 1. The van der Waals surface area contributed by atoms with E-state index >= 15 is 0 Å². The molecule has 0 aliphatic rings. The maximum atomic E-state index is 12.3. The number of non-ortho nitro benzene ring substituents is 1. The van der Waals surface area contributed by atoms with Gasteiger partial charge in [-0.15, -0.1) is 11.3 Å². The number of nitrogens with zero attached hydrogens (tertiary/aromatic N) is 2. The lowest BCUT2D eigenvalue weighted by molar-refractivity contribution is -0.384. The van der Waals surface area contributed by atoms with Crippen molar-refractivity contribution < 1.29 is 24.0 Å². The van der Waals surface area contributed by atoms with Crippen LogP contribution in [0.4, 0.5) is 5.69 Å². The summed E-state index contributed by atoms with van der Waals surface area (Å²) in [6, 6.07) is 12.6. The SMILES string of the molecule is COc1ccccc1OCc1nc(C(=O)NCCNC(=O)c2cccc([N+](=O)[O-])c2)cs1. The smallest absolute Gasteiger partial charge is 0.270 e. The maximum Gasteiger partial charge on any atom is 0.270 e. The van der Waals surface area contributed by atoms with E-state index in [1.54, 1.807) is 24.6 Å². The second-order valence-corrected chi connectivity index (χ2v) is 7.33. The van der Waals surface area contributed by atoms with E-state index in [9.17, 15) is 19.7 Å². The van der Waals surface area contributed by atoms with Crippen LogP contribution in [0.15, 0.2) is 53.9 Å². The summed E-state index contributed by atoms with van der Waals surface area (Å²) in [4.78, 5) is 38.8. The molecule has 2 aromatic carbocycles. The number of aromatic nitrogens is 1. The van der Waals surface area contributed by atoms with Crippen LogP contribution in [0.1, 0.15) is 25.9 Å². The topological polar surface area (TPSA) is 133 Å². The van der Waals surface area contributed by atoms with E-state index in [4.69, 9.17) is 9.47 Å². The van der Waals surface area contributed by atoms with Gasteiger partial charge in [-0.25, -0.2) is 4.98 Å². The fraction of sp³-hybridized carbons (Fsp3) is 0.190. The minimum absolute atomic E-state index is 0.154. The first-order chi connectivity index (χ1) is 15.5. The molecule has 0 saturated carbocycles. The molecule has 0 spiro atoms.